The van der Waals surface area contributed by atoms with Gasteiger partial charge in [0, 0.05) is 6.20 Å². The van der Waals surface area contributed by atoms with Crippen LogP contribution in [0.5, 0.6) is 0 Å². The lowest BCUT2D eigenvalue weighted by atomic mass is 9.94. The lowest BCUT2D eigenvalue weighted by molar-refractivity contribution is 0.996. The molecule has 0 aliphatic rings. The molecule has 1 unspecified atom stereocenters. The van der Waals surface area contributed by atoms with Crippen molar-refractivity contribution >= 4 is 17.2 Å². The minimum absolute atomic E-state index is 0.105. The zero-order valence-corrected chi connectivity index (χ0v) is 10.4. The van der Waals surface area contributed by atoms with Gasteiger partial charge in [0.25, 0.3) is 0 Å². The molecule has 2 aromatic rings. The number of pyridine rings is 1. The van der Waals surface area contributed by atoms with Crippen molar-refractivity contribution in [2.75, 3.05) is 0 Å². The summed E-state index contributed by atoms with van der Waals surface area (Å²) in [5.41, 5.74) is 9.02. The van der Waals surface area contributed by atoms with Gasteiger partial charge in [-0.2, -0.15) is 0 Å². The molecule has 0 saturated carbocycles. The van der Waals surface area contributed by atoms with Crippen LogP contribution in [-0.4, -0.2) is 9.97 Å². The summed E-state index contributed by atoms with van der Waals surface area (Å²) >= 11 is 5.16. The molecule has 1 atom stereocenters. The number of nitrogens with two attached hydrogens (primary N) is 1. The average Bonchev–Trinajstić information content (AvgIpc) is 2.30. The molecular formula is C14H14N2S. The van der Waals surface area contributed by atoms with Crippen LogP contribution in [0.4, 0.5) is 0 Å². The number of thiocarbonyl (C=S) groups is 1. The van der Waals surface area contributed by atoms with Crippen molar-refractivity contribution in [1.29, 1.82) is 0 Å². The first kappa shape index (κ1) is 11.7. The Morgan fingerprint density at radius 2 is 2.06 bits per heavy atom. The van der Waals surface area contributed by atoms with E-state index in [1.54, 1.807) is 6.20 Å². The van der Waals surface area contributed by atoms with E-state index in [9.17, 15) is 0 Å². The van der Waals surface area contributed by atoms with Gasteiger partial charge in [0.05, 0.1) is 16.6 Å². The Morgan fingerprint density at radius 3 is 2.65 bits per heavy atom. The Bertz CT molecular complexity index is 523. The highest BCUT2D eigenvalue weighted by Crippen LogP contribution is 2.23. The summed E-state index contributed by atoms with van der Waals surface area (Å²) in [4.78, 5) is 4.79. The normalized spacial score (nSPS) is 12.1. The number of rotatable bonds is 3. The first-order valence-electron chi connectivity index (χ1n) is 5.45. The highest BCUT2D eigenvalue weighted by atomic mass is 32.1. The largest absolute Gasteiger partial charge is 0.392 e. The number of nitrogens with zero attached hydrogens (tertiary/aromatic N) is 1. The zero-order chi connectivity index (χ0) is 12.3. The highest BCUT2D eigenvalue weighted by Gasteiger charge is 2.18. The molecule has 1 aromatic carbocycles. The molecule has 0 aliphatic carbocycles. The summed E-state index contributed by atoms with van der Waals surface area (Å²) in [6.07, 6.45) is 1.76. The Labute approximate surface area is 107 Å². The van der Waals surface area contributed by atoms with E-state index in [1.807, 2.05) is 30.3 Å². The second-order valence-electron chi connectivity index (χ2n) is 4.00. The molecule has 2 rings (SSSR count). The van der Waals surface area contributed by atoms with Crippen molar-refractivity contribution < 1.29 is 0 Å². The molecule has 1 heterocycles. The zero-order valence-electron chi connectivity index (χ0n) is 9.63. The summed E-state index contributed by atoms with van der Waals surface area (Å²) in [6, 6.07) is 14.0. The van der Waals surface area contributed by atoms with Crippen molar-refractivity contribution in [2.45, 2.75) is 12.8 Å². The van der Waals surface area contributed by atoms with Gasteiger partial charge in [0.2, 0.25) is 0 Å². The maximum absolute atomic E-state index is 5.84. The Balaban J connectivity index is 2.47. The standard InChI is InChI=1S/C14H14N2S/c1-10-5-4-6-11(9-10)13(14(15)17)12-7-2-3-8-16-12/h2-9,13H,1H3,(H2,15,17). The van der Waals surface area contributed by atoms with Gasteiger partial charge in [-0.3, -0.25) is 4.98 Å². The van der Waals surface area contributed by atoms with Crippen LogP contribution in [0.2, 0.25) is 0 Å². The van der Waals surface area contributed by atoms with E-state index in [0.29, 0.717) is 4.99 Å². The SMILES string of the molecule is Cc1cccc(C(C(N)=S)c2ccccn2)c1. The minimum Gasteiger partial charge on any atom is -0.392 e. The summed E-state index contributed by atoms with van der Waals surface area (Å²) in [7, 11) is 0. The third-order valence-electron chi connectivity index (χ3n) is 2.64. The van der Waals surface area contributed by atoms with Gasteiger partial charge in [-0.25, -0.2) is 0 Å². The molecule has 0 spiro atoms. The lowest BCUT2D eigenvalue weighted by Gasteiger charge is -2.15. The van der Waals surface area contributed by atoms with Crippen molar-refractivity contribution in [3.05, 3.63) is 65.5 Å². The molecular weight excluding hydrogens is 228 g/mol. The van der Waals surface area contributed by atoms with Crippen LogP contribution in [0, 0.1) is 6.92 Å². The van der Waals surface area contributed by atoms with E-state index in [-0.39, 0.29) is 5.92 Å². The topological polar surface area (TPSA) is 38.9 Å². The summed E-state index contributed by atoms with van der Waals surface area (Å²) in [5.74, 6) is -0.105. The third kappa shape index (κ3) is 2.68. The Morgan fingerprint density at radius 1 is 1.24 bits per heavy atom. The molecule has 0 fully saturated rings. The quantitative estimate of drug-likeness (QED) is 0.841. The van der Waals surface area contributed by atoms with E-state index >= 15 is 0 Å². The first-order valence-corrected chi connectivity index (χ1v) is 5.86. The number of aromatic nitrogens is 1. The summed E-state index contributed by atoms with van der Waals surface area (Å²) in [5, 5.41) is 0. The Hall–Kier alpha value is -1.74. The molecule has 0 bridgehead atoms. The molecule has 2 N–H and O–H groups in total. The van der Waals surface area contributed by atoms with Gasteiger partial charge >= 0.3 is 0 Å². The van der Waals surface area contributed by atoms with Crippen LogP contribution >= 0.6 is 12.2 Å². The number of hydrogen-bond donors (Lipinski definition) is 1. The van der Waals surface area contributed by atoms with Crippen molar-refractivity contribution in [1.82, 2.24) is 4.98 Å². The van der Waals surface area contributed by atoms with E-state index in [4.69, 9.17) is 18.0 Å². The molecule has 0 saturated heterocycles. The number of benzene rings is 1. The van der Waals surface area contributed by atoms with E-state index in [2.05, 4.69) is 24.0 Å². The molecule has 0 amide bonds. The fourth-order valence-electron chi connectivity index (χ4n) is 1.88. The second kappa shape index (κ2) is 5.06. The van der Waals surface area contributed by atoms with Crippen LogP contribution in [-0.2, 0) is 0 Å². The smallest absolute Gasteiger partial charge is 0.0864 e. The first-order chi connectivity index (χ1) is 8.18. The maximum Gasteiger partial charge on any atom is 0.0864 e. The van der Waals surface area contributed by atoms with E-state index in [0.717, 1.165) is 11.3 Å². The van der Waals surface area contributed by atoms with Crippen LogP contribution in [0.1, 0.15) is 22.7 Å². The second-order valence-corrected chi connectivity index (χ2v) is 4.48. The van der Waals surface area contributed by atoms with Crippen molar-refractivity contribution in [2.24, 2.45) is 5.73 Å². The van der Waals surface area contributed by atoms with Crippen LogP contribution in [0.15, 0.2) is 48.7 Å². The van der Waals surface area contributed by atoms with E-state index in [1.165, 1.54) is 5.56 Å². The van der Waals surface area contributed by atoms with Crippen molar-refractivity contribution in [3.63, 3.8) is 0 Å². The fraction of sp³-hybridized carbons (Fsp3) is 0.143. The summed E-state index contributed by atoms with van der Waals surface area (Å²) < 4.78 is 0. The molecule has 86 valence electrons. The van der Waals surface area contributed by atoms with Gasteiger partial charge in [0.15, 0.2) is 0 Å². The number of hydrogen-bond acceptors (Lipinski definition) is 2. The summed E-state index contributed by atoms with van der Waals surface area (Å²) in [6.45, 7) is 2.05. The Kier molecular flexibility index (Phi) is 3.49. The predicted octanol–water partition coefficient (Wildman–Crippen LogP) is 2.81. The molecule has 2 nitrogen and oxygen atoms in total. The molecule has 0 radical (unpaired) electrons. The number of aryl methyl sites for hydroxylation is 1. The maximum atomic E-state index is 5.84. The van der Waals surface area contributed by atoms with E-state index < -0.39 is 0 Å². The van der Waals surface area contributed by atoms with Gasteiger partial charge in [0.1, 0.15) is 0 Å². The van der Waals surface area contributed by atoms with Crippen LogP contribution in [0.25, 0.3) is 0 Å². The monoisotopic (exact) mass is 242 g/mol. The van der Waals surface area contributed by atoms with Crippen LogP contribution < -0.4 is 5.73 Å². The average molecular weight is 242 g/mol. The van der Waals surface area contributed by atoms with Crippen LogP contribution in [0.3, 0.4) is 0 Å². The molecule has 1 aromatic heterocycles. The van der Waals surface area contributed by atoms with Gasteiger partial charge in [-0.05, 0) is 24.6 Å². The third-order valence-corrected chi connectivity index (χ3v) is 2.88. The van der Waals surface area contributed by atoms with Gasteiger partial charge in [-0.15, -0.1) is 0 Å². The molecule has 0 aliphatic heterocycles. The lowest BCUT2D eigenvalue weighted by Crippen LogP contribution is -2.21. The molecule has 3 heteroatoms. The van der Waals surface area contributed by atoms with Crippen molar-refractivity contribution in [3.8, 4) is 0 Å². The highest BCUT2D eigenvalue weighted by molar-refractivity contribution is 7.80. The van der Waals surface area contributed by atoms with Gasteiger partial charge < -0.3 is 5.73 Å². The fourth-order valence-corrected chi connectivity index (χ4v) is 2.13. The minimum atomic E-state index is -0.105. The predicted molar refractivity (Wildman–Crippen MR) is 74.0 cm³/mol. The van der Waals surface area contributed by atoms with Gasteiger partial charge in [-0.1, -0.05) is 48.1 Å². The molecule has 17 heavy (non-hydrogen) atoms.